The van der Waals surface area contributed by atoms with Gasteiger partial charge in [0.2, 0.25) is 0 Å². The molecule has 0 amide bonds. The van der Waals surface area contributed by atoms with Gasteiger partial charge in [-0.2, -0.15) is 0 Å². The van der Waals surface area contributed by atoms with Crippen LogP contribution in [-0.4, -0.2) is 93.1 Å². The quantitative estimate of drug-likeness (QED) is 0.137. The number of hydrogen-bond donors (Lipinski definition) is 10. The summed E-state index contributed by atoms with van der Waals surface area (Å²) in [5.74, 6) is -4.82. The van der Waals surface area contributed by atoms with Crippen LogP contribution in [0.25, 0.3) is 0 Å². The van der Waals surface area contributed by atoms with Gasteiger partial charge in [-0.1, -0.05) is 6.42 Å². The molecule has 0 aromatic rings. The number of hydrogen-bond acceptors (Lipinski definition) is 10. The van der Waals surface area contributed by atoms with Crippen molar-refractivity contribution < 1.29 is 49.5 Å². The van der Waals surface area contributed by atoms with E-state index in [-0.39, 0.29) is 25.4 Å². The van der Waals surface area contributed by atoms with E-state index in [0.717, 1.165) is 32.2 Å². The minimum atomic E-state index is -1.17. The molecule has 0 aliphatic carbocycles. The van der Waals surface area contributed by atoms with Crippen molar-refractivity contribution in [2.45, 2.75) is 63.1 Å². The molecule has 15 heteroatoms. The predicted molar refractivity (Wildman–Crippen MR) is 116 cm³/mol. The van der Waals surface area contributed by atoms with Gasteiger partial charge in [-0.05, 0) is 45.2 Å². The molecule has 0 radical (unpaired) electrons. The Hall–Kier alpha value is -2.85. The fourth-order valence-corrected chi connectivity index (χ4v) is 1.93. The molecule has 194 valence electrons. The number of unbranched alkanes of at least 4 members (excludes halogenated alkanes) is 1. The van der Waals surface area contributed by atoms with E-state index in [0.29, 0.717) is 13.0 Å². The van der Waals surface area contributed by atoms with Gasteiger partial charge in [0.15, 0.2) is 0 Å². The van der Waals surface area contributed by atoms with Gasteiger partial charge in [-0.3, -0.25) is 24.0 Å². The van der Waals surface area contributed by atoms with Gasteiger partial charge in [0.1, 0.15) is 18.1 Å². The molecule has 3 atom stereocenters. The molecule has 1 aliphatic rings. The third-order valence-corrected chi connectivity index (χ3v) is 3.81. The minimum absolute atomic E-state index is 0.0231. The number of carbonyl (C=O) groups is 5. The standard InChI is InChI=1S/C6H14N2O2.C5H9NO4.C5H9NO2.C2H5NO2/c7-4-2-1-3-5(8)6(9)10;6-3(5(9)10)1-2-4(7)8;7-5(8)4-2-1-3-6-4;3-1-2(4)5/h5H,1-4,7-8H2,(H,9,10);3H,1-2,6H2,(H,7,8)(H,9,10);4,6H,1-3H2,(H,7,8);1,3H2,(H,4,5)/t5-;3-;4-;/m000./s1. The van der Waals surface area contributed by atoms with Crippen LogP contribution in [0.15, 0.2) is 0 Å². The van der Waals surface area contributed by atoms with E-state index in [1.807, 2.05) is 0 Å². The first-order chi connectivity index (χ1) is 15.3. The van der Waals surface area contributed by atoms with Crippen LogP contribution in [0, 0.1) is 0 Å². The molecule has 1 heterocycles. The minimum Gasteiger partial charge on any atom is -0.481 e. The second kappa shape index (κ2) is 22.3. The zero-order valence-electron chi connectivity index (χ0n) is 18.4. The molecule has 33 heavy (non-hydrogen) atoms. The van der Waals surface area contributed by atoms with Crippen molar-refractivity contribution in [1.29, 1.82) is 0 Å². The molecular formula is C18H37N5O10. The maximum Gasteiger partial charge on any atom is 0.320 e. The SMILES string of the molecule is NCC(=O)O.NCCCC[C@H](N)C(=O)O.N[C@@H](CCC(=O)O)C(=O)O.O=C(O)[C@@H]1CCCN1. The lowest BCUT2D eigenvalue weighted by atomic mass is 10.1. The maximum absolute atomic E-state index is 10.1. The van der Waals surface area contributed by atoms with Crippen molar-refractivity contribution >= 4 is 29.8 Å². The highest BCUT2D eigenvalue weighted by Crippen LogP contribution is 2.03. The Kier molecular flexibility index (Phi) is 23.5. The topological polar surface area (TPSA) is 303 Å². The maximum atomic E-state index is 10.1. The summed E-state index contributed by atoms with van der Waals surface area (Å²) in [5.41, 5.74) is 20.0. The van der Waals surface area contributed by atoms with E-state index >= 15 is 0 Å². The molecule has 0 aromatic carbocycles. The van der Waals surface area contributed by atoms with Gasteiger partial charge in [0, 0.05) is 6.42 Å². The van der Waals surface area contributed by atoms with Gasteiger partial charge in [0.05, 0.1) is 6.54 Å². The molecule has 15 nitrogen and oxygen atoms in total. The highest BCUT2D eigenvalue weighted by molar-refractivity contribution is 5.75. The van der Waals surface area contributed by atoms with Crippen molar-refractivity contribution in [1.82, 2.24) is 5.32 Å². The number of carboxylic acids is 5. The predicted octanol–water partition coefficient (Wildman–Crippen LogP) is -2.36. The average Bonchev–Trinajstić information content (AvgIpc) is 3.28. The van der Waals surface area contributed by atoms with Crippen molar-refractivity contribution in [3.63, 3.8) is 0 Å². The Morgan fingerprint density at radius 2 is 1.30 bits per heavy atom. The van der Waals surface area contributed by atoms with Gasteiger partial charge >= 0.3 is 29.8 Å². The van der Waals surface area contributed by atoms with Gasteiger partial charge in [-0.25, -0.2) is 0 Å². The fourth-order valence-electron chi connectivity index (χ4n) is 1.93. The molecule has 0 spiro atoms. The normalized spacial score (nSPS) is 15.7. The van der Waals surface area contributed by atoms with Crippen molar-refractivity contribution in [2.75, 3.05) is 19.6 Å². The molecular weight excluding hydrogens is 446 g/mol. The molecule has 0 aromatic heterocycles. The second-order valence-corrected chi connectivity index (χ2v) is 6.69. The summed E-state index contributed by atoms with van der Waals surface area (Å²) >= 11 is 0. The lowest BCUT2D eigenvalue weighted by Crippen LogP contribution is -2.30. The van der Waals surface area contributed by atoms with Crippen LogP contribution in [-0.2, 0) is 24.0 Å². The average molecular weight is 484 g/mol. The Morgan fingerprint density at radius 1 is 0.818 bits per heavy atom. The number of nitrogens with one attached hydrogen (secondary N) is 1. The van der Waals surface area contributed by atoms with E-state index in [2.05, 4.69) is 11.1 Å². The molecule has 0 saturated carbocycles. The van der Waals surface area contributed by atoms with Crippen LogP contribution in [0.5, 0.6) is 0 Å². The summed E-state index contributed by atoms with van der Waals surface area (Å²) in [6, 6.07) is -2.04. The van der Waals surface area contributed by atoms with E-state index in [9.17, 15) is 24.0 Å². The third kappa shape index (κ3) is 27.1. The van der Waals surface area contributed by atoms with Crippen LogP contribution in [0.3, 0.4) is 0 Å². The van der Waals surface area contributed by atoms with Crippen LogP contribution in [0.2, 0.25) is 0 Å². The Balaban J connectivity index is -0.000000374. The number of nitrogens with two attached hydrogens (primary N) is 4. The molecule has 0 unspecified atom stereocenters. The van der Waals surface area contributed by atoms with Crippen molar-refractivity contribution in [3.05, 3.63) is 0 Å². The first-order valence-corrected chi connectivity index (χ1v) is 10.1. The fraction of sp³-hybridized carbons (Fsp3) is 0.722. The largest absolute Gasteiger partial charge is 0.481 e. The highest BCUT2D eigenvalue weighted by Gasteiger charge is 2.20. The van der Waals surface area contributed by atoms with Gasteiger partial charge < -0.3 is 53.8 Å². The Morgan fingerprint density at radius 3 is 1.58 bits per heavy atom. The number of carboxylic acid groups (broad SMARTS) is 5. The molecule has 14 N–H and O–H groups in total. The molecule has 1 rings (SSSR count). The number of rotatable bonds is 11. The third-order valence-electron chi connectivity index (χ3n) is 3.81. The first kappa shape index (κ1) is 34.8. The van der Waals surface area contributed by atoms with Crippen LogP contribution >= 0.6 is 0 Å². The lowest BCUT2D eigenvalue weighted by molar-refractivity contribution is -0.141. The highest BCUT2D eigenvalue weighted by atomic mass is 16.4. The first-order valence-electron chi connectivity index (χ1n) is 10.1. The van der Waals surface area contributed by atoms with Crippen LogP contribution in [0.4, 0.5) is 0 Å². The van der Waals surface area contributed by atoms with Gasteiger partial charge in [-0.15, -0.1) is 0 Å². The Bertz CT molecular complexity index is 585. The Labute approximate surface area is 191 Å². The molecule has 1 saturated heterocycles. The summed E-state index contributed by atoms with van der Waals surface area (Å²) < 4.78 is 0. The summed E-state index contributed by atoms with van der Waals surface area (Å²) in [7, 11) is 0. The summed E-state index contributed by atoms with van der Waals surface area (Å²) in [6.07, 6.45) is 3.72. The summed E-state index contributed by atoms with van der Waals surface area (Å²) in [5, 5.41) is 43.4. The zero-order valence-corrected chi connectivity index (χ0v) is 18.4. The van der Waals surface area contributed by atoms with Gasteiger partial charge in [0.25, 0.3) is 0 Å². The molecule has 1 fully saturated rings. The van der Waals surface area contributed by atoms with Crippen molar-refractivity contribution in [3.8, 4) is 0 Å². The molecule has 1 aliphatic heterocycles. The smallest absolute Gasteiger partial charge is 0.320 e. The lowest BCUT2D eigenvalue weighted by Gasteiger charge is -2.03. The van der Waals surface area contributed by atoms with E-state index in [4.69, 9.17) is 42.7 Å². The van der Waals surface area contributed by atoms with E-state index in [1.54, 1.807) is 0 Å². The van der Waals surface area contributed by atoms with E-state index < -0.39 is 41.9 Å². The van der Waals surface area contributed by atoms with Crippen molar-refractivity contribution in [2.24, 2.45) is 22.9 Å². The van der Waals surface area contributed by atoms with Crippen LogP contribution < -0.4 is 28.3 Å². The summed E-state index contributed by atoms with van der Waals surface area (Å²) in [4.78, 5) is 49.4. The van der Waals surface area contributed by atoms with Crippen LogP contribution in [0.1, 0.15) is 44.9 Å². The monoisotopic (exact) mass is 483 g/mol. The van der Waals surface area contributed by atoms with E-state index in [1.165, 1.54) is 0 Å². The number of aliphatic carboxylic acids is 5. The zero-order chi connectivity index (χ0) is 26.4. The molecule has 0 bridgehead atoms. The summed E-state index contributed by atoms with van der Waals surface area (Å²) in [6.45, 7) is 1.18. The second-order valence-electron chi connectivity index (χ2n) is 6.69.